The molecule has 0 bridgehead atoms. The van der Waals surface area contributed by atoms with Gasteiger partial charge in [-0.05, 0) is 30.3 Å². The number of nitrogens with one attached hydrogen (secondary N) is 1. The van der Waals surface area contributed by atoms with Crippen LogP contribution >= 0.6 is 11.6 Å². The van der Waals surface area contributed by atoms with Crippen molar-refractivity contribution in [2.24, 2.45) is 0 Å². The van der Waals surface area contributed by atoms with Crippen LogP contribution in [0.5, 0.6) is 11.5 Å². The van der Waals surface area contributed by atoms with Crippen molar-refractivity contribution >= 4 is 23.2 Å². The third-order valence-electron chi connectivity index (χ3n) is 2.99. The molecule has 1 heterocycles. The molecule has 6 heteroatoms. The van der Waals surface area contributed by atoms with Gasteiger partial charge in [0.2, 0.25) is 6.10 Å². The minimum atomic E-state index is -0.849. The van der Waals surface area contributed by atoms with Crippen LogP contribution in [0.3, 0.4) is 0 Å². The molecule has 0 saturated carbocycles. The van der Waals surface area contributed by atoms with Crippen LogP contribution in [0.1, 0.15) is 0 Å². The monoisotopic (exact) mass is 307 g/mol. The van der Waals surface area contributed by atoms with Crippen LogP contribution in [0, 0.1) is 5.82 Å². The average molecular weight is 308 g/mol. The number of carbonyl (C=O) groups is 1. The average Bonchev–Trinajstić information content (AvgIpc) is 2.50. The second kappa shape index (κ2) is 5.61. The first-order valence-corrected chi connectivity index (χ1v) is 6.65. The Hall–Kier alpha value is -2.27. The van der Waals surface area contributed by atoms with E-state index in [-0.39, 0.29) is 12.3 Å². The van der Waals surface area contributed by atoms with Gasteiger partial charge in [0.1, 0.15) is 12.4 Å². The molecule has 0 fully saturated rings. The highest BCUT2D eigenvalue weighted by molar-refractivity contribution is 6.30. The fourth-order valence-corrected chi connectivity index (χ4v) is 2.13. The van der Waals surface area contributed by atoms with Crippen molar-refractivity contribution in [1.29, 1.82) is 0 Å². The maximum Gasteiger partial charge on any atom is 0.269 e. The lowest BCUT2D eigenvalue weighted by atomic mass is 10.2. The molecule has 0 spiro atoms. The summed E-state index contributed by atoms with van der Waals surface area (Å²) in [6.45, 7) is 0.0605. The quantitative estimate of drug-likeness (QED) is 0.926. The van der Waals surface area contributed by atoms with Crippen LogP contribution in [0.25, 0.3) is 0 Å². The molecule has 0 radical (unpaired) electrons. The van der Waals surface area contributed by atoms with Gasteiger partial charge in [0.15, 0.2) is 11.5 Å². The van der Waals surface area contributed by atoms with Crippen molar-refractivity contribution in [2.75, 3.05) is 11.9 Å². The third kappa shape index (κ3) is 2.92. The lowest BCUT2D eigenvalue weighted by Gasteiger charge is -2.25. The molecule has 0 saturated heterocycles. The van der Waals surface area contributed by atoms with Crippen LogP contribution in [0.15, 0.2) is 42.5 Å². The number of benzene rings is 2. The van der Waals surface area contributed by atoms with Gasteiger partial charge in [-0.2, -0.15) is 0 Å². The van der Waals surface area contributed by atoms with Gasteiger partial charge in [-0.1, -0.05) is 23.7 Å². The molecular weight excluding hydrogens is 297 g/mol. The molecule has 1 amide bonds. The first-order valence-electron chi connectivity index (χ1n) is 6.28. The van der Waals surface area contributed by atoms with Crippen molar-refractivity contribution < 1.29 is 18.7 Å². The highest BCUT2D eigenvalue weighted by Gasteiger charge is 2.27. The Kier molecular flexibility index (Phi) is 3.66. The number of para-hydroxylation sites is 2. The van der Waals surface area contributed by atoms with Crippen molar-refractivity contribution in [1.82, 2.24) is 0 Å². The maximum absolute atomic E-state index is 13.6. The summed E-state index contributed by atoms with van der Waals surface area (Å²) in [5.41, 5.74) is 0.00922. The second-order valence-corrected chi connectivity index (χ2v) is 4.91. The maximum atomic E-state index is 13.6. The fraction of sp³-hybridized carbons (Fsp3) is 0.133. The Labute approximate surface area is 125 Å². The van der Waals surface area contributed by atoms with E-state index in [1.54, 1.807) is 18.2 Å². The molecule has 1 aliphatic rings. The number of ether oxygens (including phenoxy) is 2. The highest BCUT2D eigenvalue weighted by Crippen LogP contribution is 2.31. The molecule has 2 aromatic carbocycles. The van der Waals surface area contributed by atoms with Gasteiger partial charge in [0.05, 0.1) is 5.69 Å². The molecule has 4 nitrogen and oxygen atoms in total. The highest BCUT2D eigenvalue weighted by atomic mass is 35.5. The predicted octanol–water partition coefficient (Wildman–Crippen LogP) is 3.26. The van der Waals surface area contributed by atoms with E-state index in [0.29, 0.717) is 16.5 Å². The SMILES string of the molecule is O=C(Nc1cc(Cl)ccc1F)C1COc2ccccc2O1. The van der Waals surface area contributed by atoms with E-state index in [1.807, 2.05) is 6.07 Å². The molecule has 1 aliphatic heterocycles. The van der Waals surface area contributed by atoms with E-state index in [2.05, 4.69) is 5.32 Å². The van der Waals surface area contributed by atoms with Crippen molar-refractivity contribution in [3.05, 3.63) is 53.3 Å². The van der Waals surface area contributed by atoms with Crippen molar-refractivity contribution in [2.45, 2.75) is 6.10 Å². The summed E-state index contributed by atoms with van der Waals surface area (Å²) in [4.78, 5) is 12.1. The van der Waals surface area contributed by atoms with Crippen LogP contribution in [-0.2, 0) is 4.79 Å². The van der Waals surface area contributed by atoms with Gasteiger partial charge >= 0.3 is 0 Å². The van der Waals surface area contributed by atoms with Gasteiger partial charge in [0.25, 0.3) is 5.91 Å². The van der Waals surface area contributed by atoms with Crippen LogP contribution < -0.4 is 14.8 Å². The second-order valence-electron chi connectivity index (χ2n) is 4.48. The molecular formula is C15H11ClFNO3. The summed E-state index contributed by atoms with van der Waals surface area (Å²) in [7, 11) is 0. The summed E-state index contributed by atoms with van der Waals surface area (Å²) >= 11 is 5.78. The zero-order valence-electron chi connectivity index (χ0n) is 10.8. The Balaban J connectivity index is 1.74. The first kappa shape index (κ1) is 13.7. The molecule has 0 aliphatic carbocycles. The minimum Gasteiger partial charge on any atom is -0.485 e. The Morgan fingerprint density at radius 1 is 1.24 bits per heavy atom. The topological polar surface area (TPSA) is 47.6 Å². The lowest BCUT2D eigenvalue weighted by molar-refractivity contribution is -0.125. The van der Waals surface area contributed by atoms with Gasteiger partial charge in [0, 0.05) is 5.02 Å². The van der Waals surface area contributed by atoms with E-state index in [0.717, 1.165) is 0 Å². The van der Waals surface area contributed by atoms with E-state index in [4.69, 9.17) is 21.1 Å². The Bertz CT molecular complexity index is 692. The smallest absolute Gasteiger partial charge is 0.269 e. The summed E-state index contributed by atoms with van der Waals surface area (Å²) in [5.74, 6) is 0.00139. The number of rotatable bonds is 2. The summed E-state index contributed by atoms with van der Waals surface area (Å²) in [6, 6.07) is 11.0. The first-order chi connectivity index (χ1) is 10.1. The lowest BCUT2D eigenvalue weighted by Crippen LogP contribution is -2.40. The molecule has 21 heavy (non-hydrogen) atoms. The standard InChI is InChI=1S/C15H11ClFNO3/c16-9-5-6-10(17)11(7-9)18-15(19)14-8-20-12-3-1-2-4-13(12)21-14/h1-7,14H,8H2,(H,18,19). The van der Waals surface area contributed by atoms with E-state index >= 15 is 0 Å². The van der Waals surface area contributed by atoms with Gasteiger partial charge < -0.3 is 14.8 Å². The van der Waals surface area contributed by atoms with Crippen LogP contribution in [-0.4, -0.2) is 18.6 Å². The zero-order chi connectivity index (χ0) is 14.8. The number of carbonyl (C=O) groups excluding carboxylic acids is 1. The number of halogens is 2. The normalized spacial score (nSPS) is 16.4. The largest absolute Gasteiger partial charge is 0.485 e. The third-order valence-corrected chi connectivity index (χ3v) is 3.22. The molecule has 1 atom stereocenters. The van der Waals surface area contributed by atoms with Crippen LogP contribution in [0.4, 0.5) is 10.1 Å². The minimum absolute atomic E-state index is 0.00922. The van der Waals surface area contributed by atoms with Crippen molar-refractivity contribution in [3.63, 3.8) is 0 Å². The van der Waals surface area contributed by atoms with Gasteiger partial charge in [-0.15, -0.1) is 0 Å². The number of anilines is 1. The van der Waals surface area contributed by atoms with Crippen molar-refractivity contribution in [3.8, 4) is 11.5 Å². The number of hydrogen-bond donors (Lipinski definition) is 1. The number of fused-ring (bicyclic) bond motifs is 1. The zero-order valence-corrected chi connectivity index (χ0v) is 11.6. The predicted molar refractivity (Wildman–Crippen MR) is 76.4 cm³/mol. The molecule has 108 valence electrons. The summed E-state index contributed by atoms with van der Waals surface area (Å²) in [5, 5.41) is 2.78. The molecule has 1 N–H and O–H groups in total. The number of hydrogen-bond acceptors (Lipinski definition) is 3. The Morgan fingerprint density at radius 2 is 2.00 bits per heavy atom. The fourth-order valence-electron chi connectivity index (χ4n) is 1.96. The summed E-state index contributed by atoms with van der Waals surface area (Å²) in [6.07, 6.45) is -0.849. The number of amides is 1. The van der Waals surface area contributed by atoms with E-state index in [1.165, 1.54) is 18.2 Å². The van der Waals surface area contributed by atoms with E-state index in [9.17, 15) is 9.18 Å². The van der Waals surface area contributed by atoms with Gasteiger partial charge in [-0.3, -0.25) is 4.79 Å². The molecule has 3 rings (SSSR count). The molecule has 0 aromatic heterocycles. The molecule has 1 unspecified atom stereocenters. The van der Waals surface area contributed by atoms with Gasteiger partial charge in [-0.25, -0.2) is 4.39 Å². The summed E-state index contributed by atoms with van der Waals surface area (Å²) < 4.78 is 24.6. The Morgan fingerprint density at radius 3 is 2.81 bits per heavy atom. The molecule has 2 aromatic rings. The van der Waals surface area contributed by atoms with Crippen LogP contribution in [0.2, 0.25) is 5.02 Å². The van der Waals surface area contributed by atoms with E-state index < -0.39 is 17.8 Å².